The number of nitrogens with one attached hydrogen (secondary N) is 1. The van der Waals surface area contributed by atoms with Crippen molar-refractivity contribution in [2.75, 3.05) is 53.5 Å². The van der Waals surface area contributed by atoms with E-state index >= 15 is 0 Å². The topological polar surface area (TPSA) is 40.1 Å². The highest BCUT2D eigenvalue weighted by atomic mass is 127. The summed E-state index contributed by atoms with van der Waals surface area (Å²) in [4.78, 5) is 8.96. The summed E-state index contributed by atoms with van der Waals surface area (Å²) in [5.74, 6) is 0.918. The summed E-state index contributed by atoms with van der Waals surface area (Å²) in [6.45, 7) is 6.76. The molecule has 142 valence electrons. The third-order valence-corrected chi connectivity index (χ3v) is 4.41. The van der Waals surface area contributed by atoms with Crippen molar-refractivity contribution in [1.29, 1.82) is 0 Å². The van der Waals surface area contributed by atoms with Gasteiger partial charge >= 0.3 is 0 Å². The highest BCUT2D eigenvalue weighted by Crippen LogP contribution is 2.12. The Morgan fingerprint density at radius 2 is 2.08 bits per heavy atom. The van der Waals surface area contributed by atoms with Crippen LogP contribution in [0.15, 0.2) is 29.3 Å². The molecule has 0 atom stereocenters. The van der Waals surface area contributed by atoms with Crippen LogP contribution in [0.25, 0.3) is 0 Å². The highest BCUT2D eigenvalue weighted by molar-refractivity contribution is 14.0. The van der Waals surface area contributed by atoms with Crippen LogP contribution >= 0.6 is 35.6 Å². The molecule has 1 heterocycles. The summed E-state index contributed by atoms with van der Waals surface area (Å²) >= 11 is 6.05. The van der Waals surface area contributed by atoms with Crippen molar-refractivity contribution in [2.24, 2.45) is 4.99 Å². The molecule has 1 N–H and O–H groups in total. The Morgan fingerprint density at radius 3 is 2.76 bits per heavy atom. The van der Waals surface area contributed by atoms with Crippen molar-refractivity contribution in [1.82, 2.24) is 15.1 Å². The van der Waals surface area contributed by atoms with Gasteiger partial charge in [-0.25, -0.2) is 0 Å². The normalized spacial score (nSPS) is 15.6. The molecule has 5 nitrogen and oxygen atoms in total. The molecule has 2 rings (SSSR count). The Hall–Kier alpha value is -0.570. The Morgan fingerprint density at radius 1 is 1.32 bits per heavy atom. The maximum absolute atomic E-state index is 6.05. The van der Waals surface area contributed by atoms with E-state index in [0.717, 1.165) is 63.3 Å². The average molecular weight is 481 g/mol. The number of guanidine groups is 1. The molecule has 0 unspecified atom stereocenters. The molecule has 1 aromatic carbocycles. The number of nitrogens with zero attached hydrogens (tertiary/aromatic N) is 3. The van der Waals surface area contributed by atoms with Crippen LogP contribution < -0.4 is 5.32 Å². The molecule has 1 aliphatic heterocycles. The first-order valence-corrected chi connectivity index (χ1v) is 9.03. The number of benzene rings is 1. The van der Waals surface area contributed by atoms with Crippen molar-refractivity contribution >= 4 is 41.5 Å². The Labute approximate surface area is 173 Å². The lowest BCUT2D eigenvalue weighted by Crippen LogP contribution is -2.39. The van der Waals surface area contributed by atoms with Gasteiger partial charge in [0.2, 0.25) is 0 Å². The maximum Gasteiger partial charge on any atom is 0.193 e. The molecule has 1 saturated heterocycles. The van der Waals surface area contributed by atoms with Gasteiger partial charge in [-0.3, -0.25) is 9.89 Å². The number of aliphatic imine (C=N–C) groups is 1. The maximum atomic E-state index is 6.05. The number of rotatable bonds is 7. The second-order valence-corrected chi connectivity index (χ2v) is 6.56. The lowest BCUT2D eigenvalue weighted by atomic mass is 10.2. The quantitative estimate of drug-likeness (QED) is 0.282. The number of hydrogen-bond donors (Lipinski definition) is 1. The van der Waals surface area contributed by atoms with Gasteiger partial charge in [0.1, 0.15) is 0 Å². The van der Waals surface area contributed by atoms with E-state index in [4.69, 9.17) is 16.3 Å². The van der Waals surface area contributed by atoms with Crippen molar-refractivity contribution in [2.45, 2.75) is 19.4 Å². The lowest BCUT2D eigenvalue weighted by molar-refractivity contribution is 0.0372. The second-order valence-electron chi connectivity index (χ2n) is 6.12. The van der Waals surface area contributed by atoms with E-state index in [-0.39, 0.29) is 24.0 Å². The first-order valence-electron chi connectivity index (χ1n) is 8.65. The van der Waals surface area contributed by atoms with Gasteiger partial charge < -0.3 is 15.0 Å². The monoisotopic (exact) mass is 480 g/mol. The number of morpholine rings is 1. The summed E-state index contributed by atoms with van der Waals surface area (Å²) in [7, 11) is 3.87. The van der Waals surface area contributed by atoms with Crippen LogP contribution in [0.1, 0.15) is 18.4 Å². The molecule has 1 aromatic rings. The summed E-state index contributed by atoms with van der Waals surface area (Å²) in [5.41, 5.74) is 1.18. The fraction of sp³-hybridized carbons (Fsp3) is 0.611. The zero-order valence-electron chi connectivity index (χ0n) is 15.2. The van der Waals surface area contributed by atoms with Crippen LogP contribution in [0.3, 0.4) is 0 Å². The summed E-state index contributed by atoms with van der Waals surface area (Å²) < 4.78 is 5.37. The standard InChI is InChI=1S/C18H29ClN4O.HI/c1-20-18(22(2)15-16-6-5-7-17(19)14-16)21-8-3-4-9-23-10-12-24-13-11-23;/h5-7,14H,3-4,8-13,15H2,1-2H3,(H,20,21);1H. The van der Waals surface area contributed by atoms with Gasteiger partial charge in [-0.15, -0.1) is 24.0 Å². The molecule has 0 aromatic heterocycles. The predicted molar refractivity (Wildman–Crippen MR) is 116 cm³/mol. The van der Waals surface area contributed by atoms with Crippen LogP contribution in [-0.2, 0) is 11.3 Å². The predicted octanol–water partition coefficient (Wildman–Crippen LogP) is 3.08. The molecule has 0 radical (unpaired) electrons. The molecule has 0 spiro atoms. The van der Waals surface area contributed by atoms with E-state index in [1.54, 1.807) is 0 Å². The molecule has 1 aliphatic rings. The number of hydrogen-bond acceptors (Lipinski definition) is 3. The van der Waals surface area contributed by atoms with E-state index in [1.807, 2.05) is 32.3 Å². The summed E-state index contributed by atoms with van der Waals surface area (Å²) in [6.07, 6.45) is 2.34. The third kappa shape index (κ3) is 8.57. The molecule has 0 saturated carbocycles. The highest BCUT2D eigenvalue weighted by Gasteiger charge is 2.10. The molecule has 25 heavy (non-hydrogen) atoms. The largest absolute Gasteiger partial charge is 0.379 e. The lowest BCUT2D eigenvalue weighted by Gasteiger charge is -2.26. The van der Waals surface area contributed by atoms with Crippen LogP contribution in [0, 0.1) is 0 Å². The fourth-order valence-corrected chi connectivity index (χ4v) is 3.07. The van der Waals surface area contributed by atoms with Gasteiger partial charge in [-0.1, -0.05) is 23.7 Å². The van der Waals surface area contributed by atoms with E-state index in [0.29, 0.717) is 0 Å². The van der Waals surface area contributed by atoms with E-state index < -0.39 is 0 Å². The zero-order chi connectivity index (χ0) is 17.2. The van der Waals surface area contributed by atoms with Crippen LogP contribution in [0.4, 0.5) is 0 Å². The number of unbranched alkanes of at least 4 members (excludes halogenated alkanes) is 1. The zero-order valence-corrected chi connectivity index (χ0v) is 18.3. The van der Waals surface area contributed by atoms with Crippen molar-refractivity contribution < 1.29 is 4.74 Å². The van der Waals surface area contributed by atoms with Gasteiger partial charge in [0.25, 0.3) is 0 Å². The van der Waals surface area contributed by atoms with Gasteiger partial charge in [0.15, 0.2) is 5.96 Å². The minimum atomic E-state index is 0. The van der Waals surface area contributed by atoms with Gasteiger partial charge in [-0.05, 0) is 37.1 Å². The molecular formula is C18H30ClIN4O. The van der Waals surface area contributed by atoms with Gasteiger partial charge in [0, 0.05) is 45.3 Å². The van der Waals surface area contributed by atoms with Crippen LogP contribution in [0.5, 0.6) is 0 Å². The Bertz CT molecular complexity index is 524. The average Bonchev–Trinajstić information content (AvgIpc) is 2.59. The summed E-state index contributed by atoms with van der Waals surface area (Å²) in [5, 5.41) is 4.21. The molecule has 0 aliphatic carbocycles. The molecule has 7 heteroatoms. The third-order valence-electron chi connectivity index (χ3n) is 4.17. The number of halogens is 2. The minimum Gasteiger partial charge on any atom is -0.379 e. The fourth-order valence-electron chi connectivity index (χ4n) is 2.85. The Balaban J connectivity index is 0.00000312. The molecule has 1 fully saturated rings. The van der Waals surface area contributed by atoms with Crippen molar-refractivity contribution in [3.63, 3.8) is 0 Å². The first kappa shape index (κ1) is 22.5. The molecular weight excluding hydrogens is 451 g/mol. The molecule has 0 bridgehead atoms. The van der Waals surface area contributed by atoms with Crippen molar-refractivity contribution in [3.8, 4) is 0 Å². The van der Waals surface area contributed by atoms with E-state index in [1.165, 1.54) is 12.0 Å². The van der Waals surface area contributed by atoms with Crippen LogP contribution in [0.2, 0.25) is 5.02 Å². The van der Waals surface area contributed by atoms with Gasteiger partial charge in [-0.2, -0.15) is 0 Å². The van der Waals surface area contributed by atoms with Crippen molar-refractivity contribution in [3.05, 3.63) is 34.9 Å². The minimum absolute atomic E-state index is 0. The second kappa shape index (κ2) is 12.7. The molecule has 0 amide bonds. The smallest absolute Gasteiger partial charge is 0.193 e. The van der Waals surface area contributed by atoms with Gasteiger partial charge in [0.05, 0.1) is 13.2 Å². The van der Waals surface area contributed by atoms with E-state index in [2.05, 4.69) is 26.2 Å². The number of ether oxygens (including phenoxy) is 1. The van der Waals surface area contributed by atoms with Crippen LogP contribution in [-0.4, -0.2) is 69.2 Å². The first-order chi connectivity index (χ1) is 11.7. The SMILES string of the molecule is CN=C(NCCCCN1CCOCC1)N(C)Cc1cccc(Cl)c1.I. The van der Waals surface area contributed by atoms with E-state index in [9.17, 15) is 0 Å². The Kier molecular flexibility index (Phi) is 11.4. The summed E-state index contributed by atoms with van der Waals surface area (Å²) in [6, 6.07) is 7.95.